The van der Waals surface area contributed by atoms with Crippen LogP contribution in [0, 0.1) is 11.3 Å². The highest BCUT2D eigenvalue weighted by molar-refractivity contribution is 6.30. The molecule has 1 aromatic heterocycles. The highest BCUT2D eigenvalue weighted by atomic mass is 35.5. The van der Waals surface area contributed by atoms with Crippen molar-refractivity contribution in [3.05, 3.63) is 82.4 Å². The molecule has 3 aromatic rings. The summed E-state index contributed by atoms with van der Waals surface area (Å²) in [6, 6.07) is 16.7. The standard InChI is InChI=1S/C24H20ClN5O2/c25-18-2-1-3-19(12-18)29-11-10-28(15-23(29)31)24(32)21-14-27-22-9-8-20(30(21)22)17-6-4-16(13-26)5-7-17/h1-7,12,14,20H,8-11,15H2/t20-/m0/s1. The van der Waals surface area contributed by atoms with Crippen LogP contribution in [0.3, 0.4) is 0 Å². The van der Waals surface area contributed by atoms with Crippen LogP contribution in [0.25, 0.3) is 0 Å². The van der Waals surface area contributed by atoms with Crippen LogP contribution in [-0.4, -0.2) is 45.9 Å². The summed E-state index contributed by atoms with van der Waals surface area (Å²) >= 11 is 6.07. The van der Waals surface area contributed by atoms with Crippen LogP contribution in [-0.2, 0) is 11.2 Å². The fourth-order valence-corrected chi connectivity index (χ4v) is 4.69. The topological polar surface area (TPSA) is 82.2 Å². The van der Waals surface area contributed by atoms with Gasteiger partial charge in [-0.2, -0.15) is 5.26 Å². The molecule has 1 atom stereocenters. The number of carbonyl (C=O) groups is 2. The maximum atomic E-state index is 13.4. The maximum absolute atomic E-state index is 13.4. The van der Waals surface area contributed by atoms with Gasteiger partial charge >= 0.3 is 0 Å². The molecule has 5 rings (SSSR count). The molecule has 160 valence electrons. The van der Waals surface area contributed by atoms with Gasteiger partial charge in [-0.25, -0.2) is 4.98 Å². The molecule has 3 heterocycles. The second-order valence-electron chi connectivity index (χ2n) is 7.97. The third kappa shape index (κ3) is 3.53. The molecule has 2 aliphatic rings. The summed E-state index contributed by atoms with van der Waals surface area (Å²) in [5.41, 5.74) is 2.87. The van der Waals surface area contributed by atoms with Crippen molar-refractivity contribution in [3.63, 3.8) is 0 Å². The van der Waals surface area contributed by atoms with E-state index in [4.69, 9.17) is 16.9 Å². The number of fused-ring (bicyclic) bond motifs is 1. The van der Waals surface area contributed by atoms with Gasteiger partial charge in [0.1, 0.15) is 18.1 Å². The second-order valence-corrected chi connectivity index (χ2v) is 8.41. The van der Waals surface area contributed by atoms with E-state index in [2.05, 4.69) is 11.1 Å². The van der Waals surface area contributed by atoms with Crippen LogP contribution in [0.5, 0.6) is 0 Å². The highest BCUT2D eigenvalue weighted by Gasteiger charge is 2.34. The first-order chi connectivity index (χ1) is 15.5. The smallest absolute Gasteiger partial charge is 0.272 e. The monoisotopic (exact) mass is 445 g/mol. The number of hydrogen-bond donors (Lipinski definition) is 0. The number of halogens is 1. The fraction of sp³-hybridized carbons (Fsp3) is 0.250. The quantitative estimate of drug-likeness (QED) is 0.618. The predicted molar refractivity (Wildman–Crippen MR) is 120 cm³/mol. The van der Waals surface area contributed by atoms with E-state index in [9.17, 15) is 9.59 Å². The van der Waals surface area contributed by atoms with Crippen molar-refractivity contribution in [2.45, 2.75) is 18.9 Å². The lowest BCUT2D eigenvalue weighted by atomic mass is 10.0. The molecule has 1 saturated heterocycles. The van der Waals surface area contributed by atoms with Gasteiger partial charge in [0.25, 0.3) is 5.91 Å². The number of rotatable bonds is 3. The number of hydrogen-bond acceptors (Lipinski definition) is 4. The zero-order valence-corrected chi connectivity index (χ0v) is 18.0. The third-order valence-corrected chi connectivity index (χ3v) is 6.33. The molecule has 7 nitrogen and oxygen atoms in total. The summed E-state index contributed by atoms with van der Waals surface area (Å²) in [6.07, 6.45) is 3.23. The molecule has 2 aromatic carbocycles. The average Bonchev–Trinajstić information content (AvgIpc) is 3.41. The average molecular weight is 446 g/mol. The van der Waals surface area contributed by atoms with E-state index in [1.165, 1.54) is 0 Å². The van der Waals surface area contributed by atoms with Crippen molar-refractivity contribution >= 4 is 29.1 Å². The lowest BCUT2D eigenvalue weighted by Crippen LogP contribution is -2.52. The Kier molecular flexibility index (Phi) is 5.16. The van der Waals surface area contributed by atoms with Gasteiger partial charge in [-0.05, 0) is 42.3 Å². The summed E-state index contributed by atoms with van der Waals surface area (Å²) < 4.78 is 1.98. The van der Waals surface area contributed by atoms with E-state index < -0.39 is 0 Å². The van der Waals surface area contributed by atoms with E-state index in [0.717, 1.165) is 29.9 Å². The van der Waals surface area contributed by atoms with Gasteiger partial charge in [-0.15, -0.1) is 0 Å². The molecule has 0 bridgehead atoms. The van der Waals surface area contributed by atoms with Gasteiger partial charge in [0, 0.05) is 30.2 Å². The number of nitrogens with zero attached hydrogens (tertiary/aromatic N) is 5. The number of benzene rings is 2. The predicted octanol–water partition coefficient (Wildman–Crippen LogP) is 3.43. The van der Waals surface area contributed by atoms with Crippen molar-refractivity contribution in [2.24, 2.45) is 0 Å². The Morgan fingerprint density at radius 3 is 2.69 bits per heavy atom. The summed E-state index contributed by atoms with van der Waals surface area (Å²) in [6.45, 7) is 0.845. The molecule has 0 spiro atoms. The summed E-state index contributed by atoms with van der Waals surface area (Å²) in [7, 11) is 0. The lowest BCUT2D eigenvalue weighted by Gasteiger charge is -2.34. The molecule has 1 fully saturated rings. The molecule has 0 radical (unpaired) electrons. The second kappa shape index (κ2) is 8.13. The number of piperazine rings is 1. The Balaban J connectivity index is 1.36. The minimum Gasteiger partial charge on any atom is -0.326 e. The van der Waals surface area contributed by atoms with Crippen molar-refractivity contribution in [2.75, 3.05) is 24.5 Å². The molecule has 0 unspecified atom stereocenters. The first-order valence-corrected chi connectivity index (χ1v) is 10.8. The normalized spacial score (nSPS) is 17.9. The van der Waals surface area contributed by atoms with Gasteiger partial charge < -0.3 is 14.4 Å². The number of carbonyl (C=O) groups excluding carboxylic acids is 2. The zero-order valence-electron chi connectivity index (χ0n) is 17.2. The van der Waals surface area contributed by atoms with E-state index in [-0.39, 0.29) is 24.4 Å². The van der Waals surface area contributed by atoms with Crippen LogP contribution < -0.4 is 4.90 Å². The Bertz CT molecular complexity index is 1240. The van der Waals surface area contributed by atoms with Crippen molar-refractivity contribution in [3.8, 4) is 6.07 Å². The minimum absolute atomic E-state index is 0.00733. The molecular weight excluding hydrogens is 426 g/mol. The number of imidazole rings is 1. The first-order valence-electron chi connectivity index (χ1n) is 10.5. The van der Waals surface area contributed by atoms with E-state index in [1.54, 1.807) is 46.3 Å². The SMILES string of the molecule is N#Cc1ccc([C@@H]2CCc3ncc(C(=O)N4CCN(c5cccc(Cl)c5)C(=O)C4)n32)cc1. The van der Waals surface area contributed by atoms with E-state index in [1.807, 2.05) is 22.8 Å². The van der Waals surface area contributed by atoms with Gasteiger partial charge in [-0.3, -0.25) is 9.59 Å². The van der Waals surface area contributed by atoms with Crippen LogP contribution in [0.4, 0.5) is 5.69 Å². The number of nitriles is 1. The zero-order chi connectivity index (χ0) is 22.2. The van der Waals surface area contributed by atoms with Gasteiger partial charge in [0.2, 0.25) is 5.91 Å². The highest BCUT2D eigenvalue weighted by Crippen LogP contribution is 2.33. The Hall–Kier alpha value is -3.63. The molecule has 2 aliphatic heterocycles. The summed E-state index contributed by atoms with van der Waals surface area (Å²) in [5.74, 6) is 0.534. The number of anilines is 1. The van der Waals surface area contributed by atoms with Crippen LogP contribution in [0.1, 0.15) is 39.9 Å². The number of aromatic nitrogens is 2. The molecule has 0 aliphatic carbocycles. The van der Waals surface area contributed by atoms with Gasteiger partial charge in [0.05, 0.1) is 23.9 Å². The molecule has 32 heavy (non-hydrogen) atoms. The van der Waals surface area contributed by atoms with Crippen molar-refractivity contribution in [1.29, 1.82) is 5.26 Å². The van der Waals surface area contributed by atoms with Crippen LogP contribution >= 0.6 is 11.6 Å². The molecule has 8 heteroatoms. The third-order valence-electron chi connectivity index (χ3n) is 6.10. The van der Waals surface area contributed by atoms with Crippen molar-refractivity contribution in [1.82, 2.24) is 14.5 Å². The first kappa shape index (κ1) is 20.3. The molecular formula is C24H20ClN5O2. The maximum Gasteiger partial charge on any atom is 0.272 e. The summed E-state index contributed by atoms with van der Waals surface area (Å²) in [4.78, 5) is 33.9. The Labute approximate surface area is 190 Å². The Morgan fingerprint density at radius 2 is 1.97 bits per heavy atom. The van der Waals surface area contributed by atoms with Crippen LogP contribution in [0.2, 0.25) is 5.02 Å². The van der Waals surface area contributed by atoms with Gasteiger partial charge in [-0.1, -0.05) is 29.8 Å². The van der Waals surface area contributed by atoms with Gasteiger partial charge in [0.15, 0.2) is 0 Å². The fourth-order valence-electron chi connectivity index (χ4n) is 4.51. The largest absolute Gasteiger partial charge is 0.326 e. The van der Waals surface area contributed by atoms with Crippen LogP contribution in [0.15, 0.2) is 54.7 Å². The van der Waals surface area contributed by atoms with E-state index in [0.29, 0.717) is 29.4 Å². The lowest BCUT2D eigenvalue weighted by molar-refractivity contribution is -0.120. The molecule has 2 amide bonds. The number of amides is 2. The number of aryl methyl sites for hydroxylation is 1. The molecule has 0 N–H and O–H groups in total. The van der Waals surface area contributed by atoms with Crippen molar-refractivity contribution < 1.29 is 9.59 Å². The van der Waals surface area contributed by atoms with E-state index >= 15 is 0 Å². The Morgan fingerprint density at radius 1 is 1.16 bits per heavy atom. The molecule has 0 saturated carbocycles. The minimum atomic E-state index is -0.191. The summed E-state index contributed by atoms with van der Waals surface area (Å²) in [5, 5.41) is 9.62.